The highest BCUT2D eigenvalue weighted by Crippen LogP contribution is 2.37. The van der Waals surface area contributed by atoms with Crippen LogP contribution in [0.2, 0.25) is 0 Å². The largest absolute Gasteiger partial charge is 0.338 e. The molecule has 18 heavy (non-hydrogen) atoms. The van der Waals surface area contributed by atoms with Crippen LogP contribution in [0.4, 0.5) is 0 Å². The molecule has 3 aliphatic rings. The van der Waals surface area contributed by atoms with Crippen LogP contribution in [0.1, 0.15) is 58.3 Å². The van der Waals surface area contributed by atoms with Crippen molar-refractivity contribution in [1.82, 2.24) is 10.2 Å². The van der Waals surface area contributed by atoms with Gasteiger partial charge < -0.3 is 10.2 Å². The Labute approximate surface area is 110 Å². The van der Waals surface area contributed by atoms with Gasteiger partial charge in [0, 0.05) is 18.6 Å². The Hall–Kier alpha value is -0.570. The predicted octanol–water partition coefficient (Wildman–Crippen LogP) is 2.31. The van der Waals surface area contributed by atoms with E-state index in [1.54, 1.807) is 0 Å². The summed E-state index contributed by atoms with van der Waals surface area (Å²) in [6.45, 7) is 3.21. The maximum atomic E-state index is 12.7. The van der Waals surface area contributed by atoms with Crippen molar-refractivity contribution >= 4 is 5.91 Å². The van der Waals surface area contributed by atoms with Crippen molar-refractivity contribution < 1.29 is 4.79 Å². The van der Waals surface area contributed by atoms with Gasteiger partial charge in [0.25, 0.3) is 0 Å². The van der Waals surface area contributed by atoms with Gasteiger partial charge >= 0.3 is 0 Å². The second-order valence-corrected chi connectivity index (χ2v) is 6.48. The lowest BCUT2D eigenvalue weighted by molar-refractivity contribution is -0.139. The summed E-state index contributed by atoms with van der Waals surface area (Å²) < 4.78 is 0. The fraction of sp³-hybridized carbons (Fsp3) is 0.933. The summed E-state index contributed by atoms with van der Waals surface area (Å²) in [7, 11) is 0. The number of likely N-dealkylation sites (tertiary alicyclic amines) is 1. The number of nitrogens with one attached hydrogen (secondary N) is 1. The number of fused-ring (bicyclic) bond motifs is 1. The predicted molar refractivity (Wildman–Crippen MR) is 72.3 cm³/mol. The first-order valence-corrected chi connectivity index (χ1v) is 7.82. The summed E-state index contributed by atoms with van der Waals surface area (Å²) in [6.07, 6.45) is 9.95. The van der Waals surface area contributed by atoms with E-state index < -0.39 is 0 Å². The summed E-state index contributed by atoms with van der Waals surface area (Å²) in [5.74, 6) is 1.21. The van der Waals surface area contributed by atoms with Gasteiger partial charge in [-0.2, -0.15) is 0 Å². The molecular weight excluding hydrogens is 224 g/mol. The molecular formula is C15H26N2O. The molecule has 0 aromatic carbocycles. The minimum atomic E-state index is 0.105. The van der Waals surface area contributed by atoms with Crippen LogP contribution in [0.25, 0.3) is 0 Å². The van der Waals surface area contributed by atoms with Gasteiger partial charge in [-0.25, -0.2) is 0 Å². The van der Waals surface area contributed by atoms with Crippen LogP contribution in [-0.4, -0.2) is 35.5 Å². The van der Waals surface area contributed by atoms with Crippen molar-refractivity contribution in [3.05, 3.63) is 0 Å². The van der Waals surface area contributed by atoms with E-state index in [1.807, 2.05) is 0 Å². The monoisotopic (exact) mass is 250 g/mol. The lowest BCUT2D eigenvalue weighted by Gasteiger charge is -2.41. The lowest BCUT2D eigenvalue weighted by Crippen LogP contribution is -2.56. The summed E-state index contributed by atoms with van der Waals surface area (Å²) in [6, 6.07) is 1.19. The van der Waals surface area contributed by atoms with E-state index in [1.165, 1.54) is 44.9 Å². The molecule has 102 valence electrons. The molecule has 2 saturated heterocycles. The van der Waals surface area contributed by atoms with Gasteiger partial charge in [-0.15, -0.1) is 0 Å². The van der Waals surface area contributed by atoms with Crippen LogP contribution in [0, 0.1) is 5.92 Å². The second kappa shape index (κ2) is 5.20. The number of nitrogens with zero attached hydrogens (tertiary/aromatic N) is 1. The first kappa shape index (κ1) is 12.5. The van der Waals surface area contributed by atoms with Gasteiger partial charge in [-0.1, -0.05) is 6.42 Å². The molecule has 4 unspecified atom stereocenters. The molecule has 2 aliphatic heterocycles. The minimum Gasteiger partial charge on any atom is -0.338 e. The number of piperidine rings is 2. The van der Waals surface area contributed by atoms with Gasteiger partial charge in [0.1, 0.15) is 0 Å². The molecule has 1 amide bonds. The molecule has 4 atom stereocenters. The maximum absolute atomic E-state index is 12.7. The zero-order valence-corrected chi connectivity index (χ0v) is 11.5. The SMILES string of the molecule is CC1CCCC(C(=O)N2CCCC3CCCC32)N1. The number of rotatable bonds is 1. The highest BCUT2D eigenvalue weighted by atomic mass is 16.2. The average molecular weight is 250 g/mol. The topological polar surface area (TPSA) is 32.3 Å². The molecule has 0 bridgehead atoms. The molecule has 1 aliphatic carbocycles. The Morgan fingerprint density at radius 3 is 2.67 bits per heavy atom. The highest BCUT2D eigenvalue weighted by molar-refractivity contribution is 5.82. The summed E-state index contributed by atoms with van der Waals surface area (Å²) in [5.41, 5.74) is 0. The number of hydrogen-bond donors (Lipinski definition) is 1. The van der Waals surface area contributed by atoms with Crippen LogP contribution in [-0.2, 0) is 4.79 Å². The number of carbonyl (C=O) groups is 1. The Bertz CT molecular complexity index is 318. The Balaban J connectivity index is 1.67. The smallest absolute Gasteiger partial charge is 0.239 e. The molecule has 3 fully saturated rings. The Morgan fingerprint density at radius 2 is 1.83 bits per heavy atom. The van der Waals surface area contributed by atoms with Crippen molar-refractivity contribution in [3.63, 3.8) is 0 Å². The summed E-state index contributed by atoms with van der Waals surface area (Å²) in [4.78, 5) is 14.9. The van der Waals surface area contributed by atoms with E-state index in [9.17, 15) is 4.79 Å². The number of carbonyl (C=O) groups excluding carboxylic acids is 1. The molecule has 0 aromatic heterocycles. The summed E-state index contributed by atoms with van der Waals surface area (Å²) in [5, 5.41) is 3.50. The molecule has 3 heteroatoms. The van der Waals surface area contributed by atoms with Crippen LogP contribution < -0.4 is 5.32 Å². The normalized spacial score (nSPS) is 40.6. The minimum absolute atomic E-state index is 0.105. The van der Waals surface area contributed by atoms with Gasteiger partial charge in [-0.3, -0.25) is 4.79 Å². The third kappa shape index (κ3) is 2.29. The second-order valence-electron chi connectivity index (χ2n) is 6.48. The van der Waals surface area contributed by atoms with E-state index in [4.69, 9.17) is 0 Å². The van der Waals surface area contributed by atoms with Crippen molar-refractivity contribution in [2.24, 2.45) is 5.92 Å². The van der Waals surface area contributed by atoms with Gasteiger partial charge in [0.05, 0.1) is 6.04 Å². The summed E-state index contributed by atoms with van der Waals surface area (Å²) >= 11 is 0. The van der Waals surface area contributed by atoms with E-state index in [2.05, 4.69) is 17.1 Å². The molecule has 2 heterocycles. The van der Waals surface area contributed by atoms with E-state index in [-0.39, 0.29) is 6.04 Å². The molecule has 0 radical (unpaired) electrons. The number of hydrogen-bond acceptors (Lipinski definition) is 2. The van der Waals surface area contributed by atoms with Crippen LogP contribution in [0.5, 0.6) is 0 Å². The zero-order valence-electron chi connectivity index (χ0n) is 11.5. The van der Waals surface area contributed by atoms with Crippen LogP contribution in [0.3, 0.4) is 0 Å². The Morgan fingerprint density at radius 1 is 1.06 bits per heavy atom. The third-order valence-corrected chi connectivity index (χ3v) is 5.19. The molecule has 0 aromatic rings. The molecule has 1 N–H and O–H groups in total. The fourth-order valence-corrected chi connectivity index (χ4v) is 4.26. The van der Waals surface area contributed by atoms with Crippen molar-refractivity contribution in [2.75, 3.05) is 6.54 Å². The first-order valence-electron chi connectivity index (χ1n) is 7.82. The highest BCUT2D eigenvalue weighted by Gasteiger charge is 2.39. The average Bonchev–Trinajstić information content (AvgIpc) is 2.86. The molecule has 3 rings (SSSR count). The third-order valence-electron chi connectivity index (χ3n) is 5.19. The van der Waals surface area contributed by atoms with Crippen LogP contribution >= 0.6 is 0 Å². The molecule has 1 saturated carbocycles. The van der Waals surface area contributed by atoms with Gasteiger partial charge in [0.15, 0.2) is 0 Å². The van der Waals surface area contributed by atoms with Crippen molar-refractivity contribution in [2.45, 2.75) is 76.4 Å². The van der Waals surface area contributed by atoms with E-state index >= 15 is 0 Å². The number of amides is 1. The molecule has 0 spiro atoms. The van der Waals surface area contributed by atoms with E-state index in [0.29, 0.717) is 18.0 Å². The van der Waals surface area contributed by atoms with Gasteiger partial charge in [0.2, 0.25) is 5.91 Å². The standard InChI is InChI=1S/C15H26N2O/c1-11-5-2-8-13(16-11)15(18)17-10-4-7-12-6-3-9-14(12)17/h11-14,16H,2-10H2,1H3. The van der Waals surface area contributed by atoms with Crippen molar-refractivity contribution in [3.8, 4) is 0 Å². The van der Waals surface area contributed by atoms with Crippen LogP contribution in [0.15, 0.2) is 0 Å². The molecule has 3 nitrogen and oxygen atoms in total. The quantitative estimate of drug-likeness (QED) is 0.774. The fourth-order valence-electron chi connectivity index (χ4n) is 4.26. The lowest BCUT2D eigenvalue weighted by atomic mass is 9.90. The van der Waals surface area contributed by atoms with E-state index in [0.717, 1.165) is 18.9 Å². The van der Waals surface area contributed by atoms with Crippen molar-refractivity contribution in [1.29, 1.82) is 0 Å². The first-order chi connectivity index (χ1) is 8.75. The zero-order chi connectivity index (χ0) is 12.5. The van der Waals surface area contributed by atoms with Gasteiger partial charge in [-0.05, 0) is 57.8 Å². The maximum Gasteiger partial charge on any atom is 0.239 e. The Kier molecular flexibility index (Phi) is 3.60.